The van der Waals surface area contributed by atoms with Gasteiger partial charge in [-0.25, -0.2) is 0 Å². The van der Waals surface area contributed by atoms with E-state index in [1.807, 2.05) is 42.5 Å². The molecule has 3 aromatic carbocycles. The Labute approximate surface area is 123 Å². The Bertz CT molecular complexity index is 764. The molecule has 3 rings (SSSR count). The Kier molecular flexibility index (Phi) is 3.57. The van der Waals surface area contributed by atoms with E-state index in [1.54, 1.807) is 0 Å². The first kappa shape index (κ1) is 12.9. The second-order valence-corrected chi connectivity index (χ2v) is 5.26. The summed E-state index contributed by atoms with van der Waals surface area (Å²) in [5, 5.41) is 2.33. The standard InChI is InChI=1S/C18H14OS/c19-12-17(16-7-3-4-8-18(16)20)15-10-9-13-5-1-2-6-14(13)11-15/h1-12,17,20H. The third-order valence-electron chi connectivity index (χ3n) is 3.54. The number of benzene rings is 3. The smallest absolute Gasteiger partial charge is 0.131 e. The lowest BCUT2D eigenvalue weighted by Crippen LogP contribution is -2.03. The molecule has 0 fully saturated rings. The van der Waals surface area contributed by atoms with E-state index in [2.05, 4.69) is 36.9 Å². The Morgan fingerprint density at radius 2 is 1.55 bits per heavy atom. The van der Waals surface area contributed by atoms with E-state index < -0.39 is 0 Å². The normalized spacial score (nSPS) is 12.2. The van der Waals surface area contributed by atoms with Crippen molar-refractivity contribution in [1.29, 1.82) is 0 Å². The highest BCUT2D eigenvalue weighted by Gasteiger charge is 2.15. The van der Waals surface area contributed by atoms with Crippen molar-refractivity contribution in [2.45, 2.75) is 10.8 Å². The zero-order valence-corrected chi connectivity index (χ0v) is 11.8. The van der Waals surface area contributed by atoms with Crippen LogP contribution < -0.4 is 0 Å². The topological polar surface area (TPSA) is 17.1 Å². The van der Waals surface area contributed by atoms with Crippen LogP contribution in [0, 0.1) is 0 Å². The first-order valence-electron chi connectivity index (χ1n) is 6.51. The maximum atomic E-state index is 11.6. The molecule has 0 saturated heterocycles. The molecule has 0 heterocycles. The van der Waals surface area contributed by atoms with E-state index >= 15 is 0 Å². The number of hydrogen-bond donors (Lipinski definition) is 1. The number of hydrogen-bond acceptors (Lipinski definition) is 2. The molecule has 0 spiro atoms. The SMILES string of the molecule is O=CC(c1ccc2ccccc2c1)c1ccccc1S. The van der Waals surface area contributed by atoms with Crippen molar-refractivity contribution in [2.75, 3.05) is 0 Å². The molecule has 0 aromatic heterocycles. The van der Waals surface area contributed by atoms with Gasteiger partial charge in [0.2, 0.25) is 0 Å². The summed E-state index contributed by atoms with van der Waals surface area (Å²) >= 11 is 4.46. The third-order valence-corrected chi connectivity index (χ3v) is 3.95. The summed E-state index contributed by atoms with van der Waals surface area (Å²) in [5.41, 5.74) is 1.95. The number of rotatable bonds is 3. The third kappa shape index (κ3) is 2.35. The van der Waals surface area contributed by atoms with E-state index in [1.165, 1.54) is 5.39 Å². The van der Waals surface area contributed by atoms with Gasteiger partial charge in [0.25, 0.3) is 0 Å². The monoisotopic (exact) mass is 278 g/mol. The highest BCUT2D eigenvalue weighted by Crippen LogP contribution is 2.29. The zero-order valence-electron chi connectivity index (χ0n) is 10.9. The van der Waals surface area contributed by atoms with E-state index in [4.69, 9.17) is 0 Å². The second-order valence-electron chi connectivity index (χ2n) is 4.78. The minimum atomic E-state index is -0.270. The van der Waals surface area contributed by atoms with Gasteiger partial charge < -0.3 is 4.79 Å². The van der Waals surface area contributed by atoms with Crippen LogP contribution in [0.2, 0.25) is 0 Å². The fourth-order valence-corrected chi connectivity index (χ4v) is 2.78. The van der Waals surface area contributed by atoms with Gasteiger partial charge in [-0.05, 0) is 28.0 Å². The number of thiol groups is 1. The largest absolute Gasteiger partial charge is 0.302 e. The van der Waals surface area contributed by atoms with Gasteiger partial charge in [-0.15, -0.1) is 12.6 Å². The lowest BCUT2D eigenvalue weighted by atomic mass is 9.91. The molecule has 0 radical (unpaired) electrons. The minimum absolute atomic E-state index is 0.270. The summed E-state index contributed by atoms with van der Waals surface area (Å²) in [5.74, 6) is -0.270. The summed E-state index contributed by atoms with van der Waals surface area (Å²) in [6.07, 6.45) is 0.985. The van der Waals surface area contributed by atoms with Gasteiger partial charge in [0.1, 0.15) is 6.29 Å². The van der Waals surface area contributed by atoms with Gasteiger partial charge in [0.15, 0.2) is 0 Å². The van der Waals surface area contributed by atoms with Gasteiger partial charge in [-0.2, -0.15) is 0 Å². The number of aldehydes is 1. The fraction of sp³-hybridized carbons (Fsp3) is 0.0556. The molecule has 0 aliphatic carbocycles. The molecule has 3 aromatic rings. The first-order chi connectivity index (χ1) is 9.79. The van der Waals surface area contributed by atoms with Crippen LogP contribution in [-0.4, -0.2) is 6.29 Å². The molecular formula is C18H14OS. The van der Waals surface area contributed by atoms with Crippen LogP contribution in [0.15, 0.2) is 71.6 Å². The van der Waals surface area contributed by atoms with Crippen LogP contribution in [0.5, 0.6) is 0 Å². The van der Waals surface area contributed by atoms with Gasteiger partial charge in [-0.1, -0.05) is 60.7 Å². The number of carbonyl (C=O) groups excluding carboxylic acids is 1. The maximum Gasteiger partial charge on any atom is 0.131 e. The van der Waals surface area contributed by atoms with Crippen molar-refractivity contribution in [3.05, 3.63) is 77.9 Å². The van der Waals surface area contributed by atoms with Crippen molar-refractivity contribution in [2.24, 2.45) is 0 Å². The molecule has 1 unspecified atom stereocenters. The lowest BCUT2D eigenvalue weighted by Gasteiger charge is -2.14. The van der Waals surface area contributed by atoms with Crippen molar-refractivity contribution >= 4 is 29.7 Å². The highest BCUT2D eigenvalue weighted by molar-refractivity contribution is 7.80. The van der Waals surface area contributed by atoms with Crippen LogP contribution in [0.1, 0.15) is 17.0 Å². The number of carbonyl (C=O) groups is 1. The summed E-state index contributed by atoms with van der Waals surface area (Å²) in [6, 6.07) is 22.0. The van der Waals surface area contributed by atoms with Crippen LogP contribution >= 0.6 is 12.6 Å². The van der Waals surface area contributed by atoms with Crippen molar-refractivity contribution in [3.8, 4) is 0 Å². The van der Waals surface area contributed by atoms with E-state index in [0.29, 0.717) is 0 Å². The fourth-order valence-electron chi connectivity index (χ4n) is 2.48. The lowest BCUT2D eigenvalue weighted by molar-refractivity contribution is -0.108. The summed E-state index contributed by atoms with van der Waals surface area (Å²) in [7, 11) is 0. The molecule has 0 aliphatic rings. The van der Waals surface area contributed by atoms with Gasteiger partial charge in [0, 0.05) is 4.90 Å². The summed E-state index contributed by atoms with van der Waals surface area (Å²) in [4.78, 5) is 12.4. The quantitative estimate of drug-likeness (QED) is 0.553. The average molecular weight is 278 g/mol. The van der Waals surface area contributed by atoms with Crippen molar-refractivity contribution < 1.29 is 4.79 Å². The molecule has 0 bridgehead atoms. The zero-order chi connectivity index (χ0) is 13.9. The highest BCUT2D eigenvalue weighted by atomic mass is 32.1. The second kappa shape index (κ2) is 5.51. The van der Waals surface area contributed by atoms with Crippen LogP contribution in [0.25, 0.3) is 10.8 Å². The summed E-state index contributed by atoms with van der Waals surface area (Å²) in [6.45, 7) is 0. The molecule has 0 N–H and O–H groups in total. The Morgan fingerprint density at radius 3 is 2.30 bits per heavy atom. The predicted octanol–water partition coefficient (Wildman–Crippen LogP) is 4.46. The van der Waals surface area contributed by atoms with E-state index in [9.17, 15) is 4.79 Å². The summed E-state index contributed by atoms with van der Waals surface area (Å²) < 4.78 is 0. The van der Waals surface area contributed by atoms with Crippen LogP contribution in [-0.2, 0) is 4.79 Å². The minimum Gasteiger partial charge on any atom is -0.302 e. The number of fused-ring (bicyclic) bond motifs is 1. The Hall–Kier alpha value is -2.06. The molecular weight excluding hydrogens is 264 g/mol. The van der Waals surface area contributed by atoms with Gasteiger partial charge in [-0.3, -0.25) is 0 Å². The van der Waals surface area contributed by atoms with Crippen LogP contribution in [0.4, 0.5) is 0 Å². The Morgan fingerprint density at radius 1 is 0.850 bits per heavy atom. The molecule has 0 saturated carbocycles. The van der Waals surface area contributed by atoms with Crippen molar-refractivity contribution in [1.82, 2.24) is 0 Å². The molecule has 20 heavy (non-hydrogen) atoms. The predicted molar refractivity (Wildman–Crippen MR) is 85.5 cm³/mol. The molecule has 1 nitrogen and oxygen atoms in total. The molecule has 0 amide bonds. The van der Waals surface area contributed by atoms with Gasteiger partial charge >= 0.3 is 0 Å². The maximum absolute atomic E-state index is 11.6. The molecule has 0 aliphatic heterocycles. The van der Waals surface area contributed by atoms with Crippen molar-refractivity contribution in [3.63, 3.8) is 0 Å². The first-order valence-corrected chi connectivity index (χ1v) is 6.96. The van der Waals surface area contributed by atoms with Crippen LogP contribution in [0.3, 0.4) is 0 Å². The average Bonchev–Trinajstić information content (AvgIpc) is 2.50. The van der Waals surface area contributed by atoms with E-state index in [0.717, 1.165) is 27.7 Å². The molecule has 1 atom stereocenters. The molecule has 2 heteroatoms. The Balaban J connectivity index is 2.12. The molecule has 98 valence electrons. The van der Waals surface area contributed by atoms with Gasteiger partial charge in [0.05, 0.1) is 5.92 Å². The van der Waals surface area contributed by atoms with E-state index in [-0.39, 0.29) is 5.92 Å².